The molecular weight excluding hydrogens is 234 g/mol. The van der Waals surface area contributed by atoms with Crippen molar-refractivity contribution < 1.29 is 0 Å². The van der Waals surface area contributed by atoms with E-state index in [0.717, 1.165) is 11.4 Å². The van der Waals surface area contributed by atoms with Crippen molar-refractivity contribution in [1.29, 1.82) is 0 Å². The van der Waals surface area contributed by atoms with Crippen LogP contribution in [0.3, 0.4) is 0 Å². The molecule has 2 unspecified atom stereocenters. The number of hydrogen-bond acceptors (Lipinski definition) is 3. The van der Waals surface area contributed by atoms with Gasteiger partial charge in [-0.05, 0) is 44.9 Å². The monoisotopic (exact) mass is 253 g/mol. The van der Waals surface area contributed by atoms with Crippen molar-refractivity contribution in [3.05, 3.63) is 34.9 Å². The molecule has 1 aromatic rings. The van der Waals surface area contributed by atoms with E-state index in [4.69, 9.17) is 11.6 Å². The zero-order valence-corrected chi connectivity index (χ0v) is 11.3. The second-order valence-corrected chi connectivity index (χ2v) is 6.01. The van der Waals surface area contributed by atoms with E-state index in [-0.39, 0.29) is 5.54 Å². The molecule has 0 aromatic heterocycles. The van der Waals surface area contributed by atoms with E-state index in [2.05, 4.69) is 49.1 Å². The van der Waals surface area contributed by atoms with Crippen LogP contribution in [0.1, 0.15) is 38.8 Å². The van der Waals surface area contributed by atoms with E-state index in [1.54, 1.807) is 0 Å². The highest BCUT2D eigenvalue weighted by Gasteiger charge is 2.27. The SMILES string of the molecule is CC(C)(C)NC1CC(c2ccc(Cl)cc2)NN1. The van der Waals surface area contributed by atoms with Gasteiger partial charge in [-0.3, -0.25) is 5.32 Å². The smallest absolute Gasteiger partial charge is 0.0726 e. The molecule has 1 saturated heterocycles. The normalized spacial score (nSPS) is 25.2. The van der Waals surface area contributed by atoms with E-state index in [1.807, 2.05) is 12.1 Å². The lowest BCUT2D eigenvalue weighted by atomic mass is 10.0. The summed E-state index contributed by atoms with van der Waals surface area (Å²) in [5, 5.41) is 4.31. The van der Waals surface area contributed by atoms with Crippen molar-refractivity contribution in [2.75, 3.05) is 0 Å². The Morgan fingerprint density at radius 3 is 2.41 bits per heavy atom. The van der Waals surface area contributed by atoms with Crippen LogP contribution in [0.25, 0.3) is 0 Å². The maximum Gasteiger partial charge on any atom is 0.0726 e. The third-order valence-corrected chi connectivity index (χ3v) is 3.03. The first kappa shape index (κ1) is 12.8. The third-order valence-electron chi connectivity index (χ3n) is 2.78. The van der Waals surface area contributed by atoms with Crippen molar-refractivity contribution in [1.82, 2.24) is 16.2 Å². The highest BCUT2D eigenvalue weighted by molar-refractivity contribution is 6.30. The molecule has 1 heterocycles. The summed E-state index contributed by atoms with van der Waals surface area (Å²) < 4.78 is 0. The summed E-state index contributed by atoms with van der Waals surface area (Å²) in [4.78, 5) is 0. The van der Waals surface area contributed by atoms with Crippen LogP contribution in [0.4, 0.5) is 0 Å². The average molecular weight is 254 g/mol. The molecule has 3 nitrogen and oxygen atoms in total. The van der Waals surface area contributed by atoms with Gasteiger partial charge < -0.3 is 0 Å². The molecule has 1 aromatic carbocycles. The minimum absolute atomic E-state index is 0.119. The van der Waals surface area contributed by atoms with E-state index in [0.29, 0.717) is 12.2 Å². The van der Waals surface area contributed by atoms with Crippen molar-refractivity contribution >= 4 is 11.6 Å². The van der Waals surface area contributed by atoms with Gasteiger partial charge in [-0.1, -0.05) is 23.7 Å². The van der Waals surface area contributed by atoms with E-state index in [1.165, 1.54) is 5.56 Å². The molecule has 0 amide bonds. The largest absolute Gasteiger partial charge is 0.296 e. The third kappa shape index (κ3) is 3.68. The summed E-state index contributed by atoms with van der Waals surface area (Å²) in [6, 6.07) is 8.35. The van der Waals surface area contributed by atoms with Crippen molar-refractivity contribution in [3.8, 4) is 0 Å². The lowest BCUT2D eigenvalue weighted by Gasteiger charge is -2.25. The maximum absolute atomic E-state index is 5.89. The molecule has 0 saturated carbocycles. The van der Waals surface area contributed by atoms with Crippen molar-refractivity contribution in [2.24, 2.45) is 0 Å². The molecule has 94 valence electrons. The topological polar surface area (TPSA) is 36.1 Å². The Morgan fingerprint density at radius 1 is 1.18 bits per heavy atom. The zero-order valence-electron chi connectivity index (χ0n) is 10.5. The van der Waals surface area contributed by atoms with E-state index in [9.17, 15) is 0 Å². The van der Waals surface area contributed by atoms with Crippen molar-refractivity contribution in [3.63, 3.8) is 0 Å². The molecule has 0 bridgehead atoms. The Balaban J connectivity index is 1.96. The van der Waals surface area contributed by atoms with Gasteiger partial charge in [-0.15, -0.1) is 0 Å². The van der Waals surface area contributed by atoms with Crippen LogP contribution < -0.4 is 16.2 Å². The minimum Gasteiger partial charge on any atom is -0.296 e. The Hall–Kier alpha value is -0.610. The van der Waals surface area contributed by atoms with Crippen LogP contribution in [-0.4, -0.2) is 11.7 Å². The Labute approximate surface area is 108 Å². The highest BCUT2D eigenvalue weighted by Crippen LogP contribution is 2.23. The molecular formula is C13H20ClN3. The fourth-order valence-corrected chi connectivity index (χ4v) is 2.21. The molecule has 1 aliphatic rings. The van der Waals surface area contributed by atoms with Crippen molar-refractivity contribution in [2.45, 2.75) is 44.9 Å². The molecule has 17 heavy (non-hydrogen) atoms. The first-order valence-corrected chi connectivity index (χ1v) is 6.36. The van der Waals surface area contributed by atoms with Gasteiger partial charge in [0.25, 0.3) is 0 Å². The fraction of sp³-hybridized carbons (Fsp3) is 0.538. The number of benzene rings is 1. The van der Waals surface area contributed by atoms with Crippen LogP contribution in [-0.2, 0) is 0 Å². The molecule has 0 spiro atoms. The zero-order chi connectivity index (χ0) is 12.5. The number of rotatable bonds is 2. The fourth-order valence-electron chi connectivity index (χ4n) is 2.09. The van der Waals surface area contributed by atoms with Gasteiger partial charge in [0.15, 0.2) is 0 Å². The second kappa shape index (κ2) is 4.94. The summed E-state index contributed by atoms with van der Waals surface area (Å²) in [5.41, 5.74) is 7.97. The van der Waals surface area contributed by atoms with Gasteiger partial charge >= 0.3 is 0 Å². The van der Waals surface area contributed by atoms with E-state index < -0.39 is 0 Å². The molecule has 4 heteroatoms. The van der Waals surface area contributed by atoms with Crippen LogP contribution in [0, 0.1) is 0 Å². The number of halogens is 1. The van der Waals surface area contributed by atoms with Crippen LogP contribution in [0.2, 0.25) is 5.02 Å². The lowest BCUT2D eigenvalue weighted by Crippen LogP contribution is -2.49. The quantitative estimate of drug-likeness (QED) is 0.758. The summed E-state index contributed by atoms with van der Waals surface area (Å²) in [7, 11) is 0. The van der Waals surface area contributed by atoms with Gasteiger partial charge in [0.1, 0.15) is 0 Å². The van der Waals surface area contributed by atoms with Gasteiger partial charge in [0.05, 0.1) is 6.17 Å². The summed E-state index contributed by atoms with van der Waals surface area (Å²) >= 11 is 5.89. The molecule has 1 fully saturated rings. The lowest BCUT2D eigenvalue weighted by molar-refractivity contribution is 0.333. The number of hydrogen-bond donors (Lipinski definition) is 3. The predicted octanol–water partition coefficient (Wildman–Crippen LogP) is 2.59. The molecule has 1 aliphatic heterocycles. The number of nitrogens with one attached hydrogen (secondary N) is 3. The predicted molar refractivity (Wildman–Crippen MR) is 71.8 cm³/mol. The first-order valence-electron chi connectivity index (χ1n) is 5.98. The summed E-state index contributed by atoms with van der Waals surface area (Å²) in [6.07, 6.45) is 1.33. The van der Waals surface area contributed by atoms with Crippen LogP contribution >= 0.6 is 11.6 Å². The second-order valence-electron chi connectivity index (χ2n) is 5.58. The number of hydrazine groups is 1. The molecule has 0 aliphatic carbocycles. The highest BCUT2D eigenvalue weighted by atomic mass is 35.5. The Morgan fingerprint density at radius 2 is 1.82 bits per heavy atom. The molecule has 2 rings (SSSR count). The van der Waals surface area contributed by atoms with Gasteiger partial charge in [-0.25, -0.2) is 10.9 Å². The van der Waals surface area contributed by atoms with Crippen LogP contribution in [0.5, 0.6) is 0 Å². The first-order chi connectivity index (χ1) is 7.94. The van der Waals surface area contributed by atoms with Gasteiger partial charge in [-0.2, -0.15) is 0 Å². The Kier molecular flexibility index (Phi) is 3.73. The summed E-state index contributed by atoms with van der Waals surface area (Å²) in [6.45, 7) is 6.51. The van der Waals surface area contributed by atoms with Crippen LogP contribution in [0.15, 0.2) is 24.3 Å². The molecule has 2 atom stereocenters. The van der Waals surface area contributed by atoms with Gasteiger partial charge in [0, 0.05) is 16.6 Å². The van der Waals surface area contributed by atoms with E-state index >= 15 is 0 Å². The maximum atomic E-state index is 5.89. The minimum atomic E-state index is 0.119. The Bertz CT molecular complexity index is 369. The standard InChI is InChI=1S/C13H20ClN3/c1-13(2,3)15-12-8-11(16-17-12)9-4-6-10(14)7-5-9/h4-7,11-12,15-17H,8H2,1-3H3. The molecule has 0 radical (unpaired) electrons. The summed E-state index contributed by atoms with van der Waals surface area (Å²) in [5.74, 6) is 0. The molecule has 3 N–H and O–H groups in total. The average Bonchev–Trinajstić information content (AvgIpc) is 2.64. The van der Waals surface area contributed by atoms with Gasteiger partial charge in [0.2, 0.25) is 0 Å².